The van der Waals surface area contributed by atoms with Crippen molar-refractivity contribution in [3.63, 3.8) is 0 Å². The SMILES string of the molecule is CO[C@H]1CCN(c2ccn3cc(-c4ccccc4)nc3n2)C1. The van der Waals surface area contributed by atoms with Gasteiger partial charge in [0, 0.05) is 38.2 Å². The Morgan fingerprint density at radius 1 is 1.14 bits per heavy atom. The largest absolute Gasteiger partial charge is 0.380 e. The summed E-state index contributed by atoms with van der Waals surface area (Å²) in [6.07, 6.45) is 5.39. The highest BCUT2D eigenvalue weighted by Crippen LogP contribution is 2.22. The van der Waals surface area contributed by atoms with Gasteiger partial charge in [0.25, 0.3) is 0 Å². The normalized spacial score (nSPS) is 18.2. The van der Waals surface area contributed by atoms with Crippen LogP contribution in [0.15, 0.2) is 48.8 Å². The molecule has 3 heterocycles. The van der Waals surface area contributed by atoms with Crippen LogP contribution in [0.3, 0.4) is 0 Å². The van der Waals surface area contributed by atoms with Crippen LogP contribution >= 0.6 is 0 Å². The van der Waals surface area contributed by atoms with Gasteiger partial charge in [0.15, 0.2) is 0 Å². The van der Waals surface area contributed by atoms with Crippen molar-refractivity contribution in [2.75, 3.05) is 25.1 Å². The molecule has 0 unspecified atom stereocenters. The molecule has 1 saturated heterocycles. The number of benzene rings is 1. The maximum Gasteiger partial charge on any atom is 0.236 e. The third-order valence-electron chi connectivity index (χ3n) is 4.18. The molecule has 0 N–H and O–H groups in total. The molecule has 1 aromatic carbocycles. The van der Waals surface area contributed by atoms with E-state index in [-0.39, 0.29) is 0 Å². The van der Waals surface area contributed by atoms with E-state index in [1.54, 1.807) is 7.11 Å². The quantitative estimate of drug-likeness (QED) is 0.745. The van der Waals surface area contributed by atoms with Crippen LogP contribution in [-0.4, -0.2) is 40.7 Å². The summed E-state index contributed by atoms with van der Waals surface area (Å²) in [5, 5.41) is 0. The van der Waals surface area contributed by atoms with Gasteiger partial charge in [0.2, 0.25) is 5.78 Å². The Morgan fingerprint density at radius 2 is 2.00 bits per heavy atom. The summed E-state index contributed by atoms with van der Waals surface area (Å²) in [5.74, 6) is 1.70. The lowest BCUT2D eigenvalue weighted by atomic mass is 10.2. The first-order valence-electron chi connectivity index (χ1n) is 7.52. The van der Waals surface area contributed by atoms with Gasteiger partial charge in [-0.15, -0.1) is 0 Å². The fraction of sp³-hybridized carbons (Fsp3) is 0.294. The van der Waals surface area contributed by atoms with E-state index < -0.39 is 0 Å². The van der Waals surface area contributed by atoms with Crippen molar-refractivity contribution >= 4 is 11.6 Å². The number of anilines is 1. The molecule has 1 aliphatic rings. The minimum absolute atomic E-state index is 0.303. The Bertz CT molecular complexity index is 784. The first kappa shape index (κ1) is 13.3. The van der Waals surface area contributed by atoms with Gasteiger partial charge < -0.3 is 9.64 Å². The minimum atomic E-state index is 0.303. The van der Waals surface area contributed by atoms with Gasteiger partial charge in [-0.25, -0.2) is 4.98 Å². The van der Waals surface area contributed by atoms with Crippen molar-refractivity contribution in [2.45, 2.75) is 12.5 Å². The smallest absolute Gasteiger partial charge is 0.236 e. The van der Waals surface area contributed by atoms with Crippen molar-refractivity contribution in [1.29, 1.82) is 0 Å². The standard InChI is InChI=1S/C17H18N4O/c1-22-14-7-9-20(11-14)16-8-10-21-12-15(18-17(21)19-16)13-5-3-2-4-6-13/h2-6,8,10,12,14H,7,9,11H2,1H3/t14-/m0/s1. The van der Waals surface area contributed by atoms with E-state index in [1.807, 2.05) is 41.1 Å². The second-order valence-corrected chi connectivity index (χ2v) is 5.58. The molecule has 5 nitrogen and oxygen atoms in total. The molecule has 1 aliphatic heterocycles. The Kier molecular flexibility index (Phi) is 3.27. The highest BCUT2D eigenvalue weighted by molar-refractivity contribution is 5.61. The molecule has 3 aromatic rings. The molecule has 22 heavy (non-hydrogen) atoms. The van der Waals surface area contributed by atoms with Crippen LogP contribution in [0.2, 0.25) is 0 Å². The molecule has 0 radical (unpaired) electrons. The first-order chi connectivity index (χ1) is 10.8. The molecule has 0 aliphatic carbocycles. The van der Waals surface area contributed by atoms with Crippen LogP contribution in [0.5, 0.6) is 0 Å². The highest BCUT2D eigenvalue weighted by Gasteiger charge is 2.23. The third kappa shape index (κ3) is 2.33. The van der Waals surface area contributed by atoms with E-state index in [2.05, 4.69) is 22.0 Å². The molecule has 112 valence electrons. The van der Waals surface area contributed by atoms with Crippen molar-refractivity contribution in [2.24, 2.45) is 0 Å². The number of hydrogen-bond donors (Lipinski definition) is 0. The monoisotopic (exact) mass is 294 g/mol. The molecule has 1 fully saturated rings. The second kappa shape index (κ2) is 5.42. The first-order valence-corrected chi connectivity index (χ1v) is 7.52. The fourth-order valence-electron chi connectivity index (χ4n) is 2.92. The lowest BCUT2D eigenvalue weighted by Gasteiger charge is -2.16. The van der Waals surface area contributed by atoms with Crippen LogP contribution in [0.4, 0.5) is 5.82 Å². The predicted molar refractivity (Wildman–Crippen MR) is 86.1 cm³/mol. The van der Waals surface area contributed by atoms with Gasteiger partial charge in [-0.3, -0.25) is 4.40 Å². The average Bonchev–Trinajstić information content (AvgIpc) is 3.21. The molecule has 5 heteroatoms. The van der Waals surface area contributed by atoms with Gasteiger partial charge in [-0.2, -0.15) is 4.98 Å². The summed E-state index contributed by atoms with van der Waals surface area (Å²) in [4.78, 5) is 11.6. The maximum atomic E-state index is 5.42. The van der Waals surface area contributed by atoms with Crippen LogP contribution in [0.1, 0.15) is 6.42 Å². The van der Waals surface area contributed by atoms with Crippen LogP contribution in [0.25, 0.3) is 17.0 Å². The number of methoxy groups -OCH3 is 1. The zero-order chi connectivity index (χ0) is 14.9. The van der Waals surface area contributed by atoms with Gasteiger partial charge in [0.05, 0.1) is 11.8 Å². The summed E-state index contributed by atoms with van der Waals surface area (Å²) in [6.45, 7) is 1.87. The van der Waals surface area contributed by atoms with Crippen molar-refractivity contribution in [3.8, 4) is 11.3 Å². The summed E-state index contributed by atoms with van der Waals surface area (Å²) in [5.41, 5.74) is 2.05. The van der Waals surface area contributed by atoms with E-state index in [0.717, 1.165) is 42.4 Å². The molecular formula is C17H18N4O. The number of ether oxygens (including phenoxy) is 1. The van der Waals surface area contributed by atoms with E-state index in [9.17, 15) is 0 Å². The van der Waals surface area contributed by atoms with E-state index in [4.69, 9.17) is 9.72 Å². The maximum absolute atomic E-state index is 5.42. The minimum Gasteiger partial charge on any atom is -0.380 e. The Morgan fingerprint density at radius 3 is 2.77 bits per heavy atom. The number of aromatic nitrogens is 3. The Balaban J connectivity index is 1.67. The molecule has 0 saturated carbocycles. The van der Waals surface area contributed by atoms with Gasteiger partial charge in [0.1, 0.15) is 5.82 Å². The predicted octanol–water partition coefficient (Wildman–Crippen LogP) is 2.62. The highest BCUT2D eigenvalue weighted by atomic mass is 16.5. The van der Waals surface area contributed by atoms with Gasteiger partial charge in [-0.05, 0) is 12.5 Å². The number of hydrogen-bond acceptors (Lipinski definition) is 4. The topological polar surface area (TPSA) is 42.7 Å². The zero-order valence-corrected chi connectivity index (χ0v) is 12.5. The second-order valence-electron chi connectivity index (χ2n) is 5.58. The van der Waals surface area contributed by atoms with E-state index in [0.29, 0.717) is 6.10 Å². The molecule has 0 spiro atoms. The summed E-state index contributed by atoms with van der Waals surface area (Å²) >= 11 is 0. The molecule has 2 aromatic heterocycles. The Labute approximate surface area is 129 Å². The average molecular weight is 294 g/mol. The lowest BCUT2D eigenvalue weighted by Crippen LogP contribution is -2.23. The van der Waals surface area contributed by atoms with Gasteiger partial charge >= 0.3 is 0 Å². The Hall–Kier alpha value is -2.40. The van der Waals surface area contributed by atoms with Gasteiger partial charge in [-0.1, -0.05) is 30.3 Å². The van der Waals surface area contributed by atoms with Crippen molar-refractivity contribution in [3.05, 3.63) is 48.8 Å². The van der Waals surface area contributed by atoms with E-state index >= 15 is 0 Å². The number of fused-ring (bicyclic) bond motifs is 1. The summed E-state index contributed by atoms with van der Waals surface area (Å²) < 4.78 is 7.39. The number of imidazole rings is 1. The third-order valence-corrected chi connectivity index (χ3v) is 4.18. The number of rotatable bonds is 3. The van der Waals surface area contributed by atoms with E-state index in [1.165, 1.54) is 0 Å². The molecule has 4 rings (SSSR count). The number of nitrogens with zero attached hydrogens (tertiary/aromatic N) is 4. The molecular weight excluding hydrogens is 276 g/mol. The van der Waals surface area contributed by atoms with Crippen LogP contribution < -0.4 is 4.90 Å². The zero-order valence-electron chi connectivity index (χ0n) is 12.5. The van der Waals surface area contributed by atoms with Crippen LogP contribution in [-0.2, 0) is 4.74 Å². The van der Waals surface area contributed by atoms with Crippen molar-refractivity contribution < 1.29 is 4.74 Å². The fourth-order valence-corrected chi connectivity index (χ4v) is 2.92. The lowest BCUT2D eigenvalue weighted by molar-refractivity contribution is 0.121. The summed E-state index contributed by atoms with van der Waals surface area (Å²) in [6, 6.07) is 12.2. The summed E-state index contributed by atoms with van der Waals surface area (Å²) in [7, 11) is 1.77. The molecule has 0 bridgehead atoms. The van der Waals surface area contributed by atoms with Crippen LogP contribution in [0, 0.1) is 0 Å². The molecule has 1 atom stereocenters. The molecule has 0 amide bonds. The van der Waals surface area contributed by atoms with Crippen molar-refractivity contribution in [1.82, 2.24) is 14.4 Å².